The molecule has 0 saturated carbocycles. The molecule has 114 valence electrons. The van der Waals surface area contributed by atoms with E-state index in [2.05, 4.69) is 10.3 Å². The summed E-state index contributed by atoms with van der Waals surface area (Å²) in [5.74, 6) is -0.391. The maximum Gasteiger partial charge on any atom is 0.337 e. The number of H-pyrrole nitrogens is 1. The molecule has 3 rings (SSSR count). The number of hydrogen-bond donors (Lipinski definition) is 2. The molecule has 1 fully saturated rings. The van der Waals surface area contributed by atoms with Gasteiger partial charge in [-0.05, 0) is 44.1 Å². The van der Waals surface area contributed by atoms with E-state index in [9.17, 15) is 9.59 Å². The van der Waals surface area contributed by atoms with Crippen molar-refractivity contribution in [2.75, 3.05) is 20.2 Å². The fourth-order valence-electron chi connectivity index (χ4n) is 2.79. The number of aromatic nitrogens is 2. The maximum absolute atomic E-state index is 12.2. The monoisotopic (exact) mass is 311 g/mol. The van der Waals surface area contributed by atoms with Crippen molar-refractivity contribution in [1.29, 1.82) is 0 Å². The number of carbonyl (C=O) groups is 1. The lowest BCUT2D eigenvalue weighted by molar-refractivity contribution is 0.0601. The molecule has 7 heteroatoms. The zero-order chi connectivity index (χ0) is 14.1. The van der Waals surface area contributed by atoms with E-state index in [4.69, 9.17) is 4.74 Å². The van der Waals surface area contributed by atoms with Crippen LogP contribution in [0.1, 0.15) is 29.2 Å². The number of nitrogens with zero attached hydrogens (tertiary/aromatic N) is 1. The van der Waals surface area contributed by atoms with Gasteiger partial charge in [-0.25, -0.2) is 9.59 Å². The molecule has 1 aromatic heterocycles. The number of rotatable bonds is 2. The number of methoxy groups -OCH3 is 1. The number of halogens is 1. The van der Waals surface area contributed by atoms with E-state index in [1.165, 1.54) is 7.11 Å². The molecule has 1 aliphatic rings. The molecule has 0 bridgehead atoms. The first-order valence-electron chi connectivity index (χ1n) is 6.74. The van der Waals surface area contributed by atoms with Crippen LogP contribution in [-0.4, -0.2) is 35.7 Å². The Kier molecular flexibility index (Phi) is 4.69. The van der Waals surface area contributed by atoms with Crippen LogP contribution in [0.3, 0.4) is 0 Å². The molecule has 0 unspecified atom stereocenters. The number of esters is 1. The first-order chi connectivity index (χ1) is 9.70. The molecule has 2 heterocycles. The van der Waals surface area contributed by atoms with Gasteiger partial charge in [0.2, 0.25) is 0 Å². The number of benzene rings is 1. The first-order valence-corrected chi connectivity index (χ1v) is 6.74. The first kappa shape index (κ1) is 15.6. The van der Waals surface area contributed by atoms with Gasteiger partial charge in [0.05, 0.1) is 23.7 Å². The van der Waals surface area contributed by atoms with Gasteiger partial charge in [-0.1, -0.05) is 0 Å². The predicted octanol–water partition coefficient (Wildman–Crippen LogP) is 1.46. The van der Waals surface area contributed by atoms with Gasteiger partial charge < -0.3 is 15.0 Å². The van der Waals surface area contributed by atoms with Crippen LogP contribution in [0.5, 0.6) is 0 Å². The zero-order valence-corrected chi connectivity index (χ0v) is 12.5. The third-order valence-electron chi connectivity index (χ3n) is 3.81. The number of fused-ring (bicyclic) bond motifs is 1. The maximum atomic E-state index is 12.2. The molecule has 0 radical (unpaired) electrons. The van der Waals surface area contributed by atoms with Crippen molar-refractivity contribution in [2.45, 2.75) is 18.9 Å². The minimum absolute atomic E-state index is 0. The summed E-state index contributed by atoms with van der Waals surface area (Å²) in [6, 6.07) is 5.31. The van der Waals surface area contributed by atoms with E-state index in [0.29, 0.717) is 5.56 Å². The summed E-state index contributed by atoms with van der Waals surface area (Å²) in [6.45, 7) is 1.81. The van der Waals surface area contributed by atoms with E-state index in [1.807, 2.05) is 0 Å². The molecular weight excluding hydrogens is 294 g/mol. The summed E-state index contributed by atoms with van der Waals surface area (Å²) in [7, 11) is 1.35. The van der Waals surface area contributed by atoms with Crippen LogP contribution in [0.15, 0.2) is 23.0 Å². The highest BCUT2D eigenvalue weighted by molar-refractivity contribution is 5.93. The summed E-state index contributed by atoms with van der Waals surface area (Å²) in [4.78, 5) is 26.6. The molecule has 0 aliphatic carbocycles. The molecule has 2 aromatic rings. The Hall–Kier alpha value is -1.79. The number of nitrogens with one attached hydrogen (secondary N) is 2. The normalized spacial score (nSPS) is 15.7. The number of hydrogen-bond acceptors (Lipinski definition) is 4. The number of aromatic amines is 1. The van der Waals surface area contributed by atoms with Gasteiger partial charge >= 0.3 is 11.7 Å². The second kappa shape index (κ2) is 6.32. The SMILES string of the molecule is COC(=O)c1ccc2[nH]c(=O)n(C3CCNCC3)c2c1.Cl. The molecule has 0 spiro atoms. The van der Waals surface area contributed by atoms with Crippen molar-refractivity contribution in [3.63, 3.8) is 0 Å². The van der Waals surface area contributed by atoms with Gasteiger partial charge in [0, 0.05) is 6.04 Å². The lowest BCUT2D eigenvalue weighted by atomic mass is 10.1. The van der Waals surface area contributed by atoms with Gasteiger partial charge in [-0.15, -0.1) is 12.4 Å². The summed E-state index contributed by atoms with van der Waals surface area (Å²) in [6.07, 6.45) is 1.82. The highest BCUT2D eigenvalue weighted by Gasteiger charge is 2.20. The van der Waals surface area contributed by atoms with E-state index >= 15 is 0 Å². The third-order valence-corrected chi connectivity index (χ3v) is 3.81. The summed E-state index contributed by atoms with van der Waals surface area (Å²) < 4.78 is 6.50. The van der Waals surface area contributed by atoms with Crippen LogP contribution in [0.2, 0.25) is 0 Å². The Morgan fingerprint density at radius 2 is 2.05 bits per heavy atom. The fraction of sp³-hybridized carbons (Fsp3) is 0.429. The largest absolute Gasteiger partial charge is 0.465 e. The van der Waals surface area contributed by atoms with Gasteiger partial charge in [0.1, 0.15) is 0 Å². The topological polar surface area (TPSA) is 76.1 Å². The van der Waals surface area contributed by atoms with E-state index in [1.54, 1.807) is 22.8 Å². The van der Waals surface area contributed by atoms with Crippen molar-refractivity contribution in [3.8, 4) is 0 Å². The van der Waals surface area contributed by atoms with E-state index < -0.39 is 5.97 Å². The lowest BCUT2D eigenvalue weighted by Gasteiger charge is -2.23. The van der Waals surface area contributed by atoms with E-state index in [0.717, 1.165) is 37.0 Å². The van der Waals surface area contributed by atoms with Gasteiger partial charge in [0.15, 0.2) is 0 Å². The Labute approximate surface area is 127 Å². The van der Waals surface area contributed by atoms with Crippen LogP contribution in [-0.2, 0) is 4.74 Å². The quantitative estimate of drug-likeness (QED) is 0.823. The molecule has 2 N–H and O–H groups in total. The summed E-state index contributed by atoms with van der Waals surface area (Å²) >= 11 is 0. The number of ether oxygens (including phenoxy) is 1. The van der Waals surface area contributed by atoms with Crippen molar-refractivity contribution in [3.05, 3.63) is 34.2 Å². The summed E-state index contributed by atoms with van der Waals surface area (Å²) in [5.41, 5.74) is 1.86. The Morgan fingerprint density at radius 1 is 1.33 bits per heavy atom. The third kappa shape index (κ3) is 2.82. The van der Waals surface area contributed by atoms with Gasteiger partial charge in [-0.3, -0.25) is 4.57 Å². The highest BCUT2D eigenvalue weighted by Crippen LogP contribution is 2.22. The van der Waals surface area contributed by atoms with Crippen LogP contribution in [0, 0.1) is 0 Å². The van der Waals surface area contributed by atoms with Gasteiger partial charge in [0.25, 0.3) is 0 Å². The van der Waals surface area contributed by atoms with Crippen LogP contribution < -0.4 is 11.0 Å². The number of imidazole rings is 1. The molecule has 21 heavy (non-hydrogen) atoms. The second-order valence-electron chi connectivity index (χ2n) is 5.00. The predicted molar refractivity (Wildman–Crippen MR) is 82.3 cm³/mol. The molecule has 6 nitrogen and oxygen atoms in total. The standard InChI is InChI=1S/C14H17N3O3.ClH/c1-20-13(18)9-2-3-11-12(8-9)17(14(19)16-11)10-4-6-15-7-5-10;/h2-3,8,10,15H,4-7H2,1H3,(H,16,19);1H. The van der Waals surface area contributed by atoms with Crippen molar-refractivity contribution in [1.82, 2.24) is 14.9 Å². The fourth-order valence-corrected chi connectivity index (χ4v) is 2.79. The number of piperidine rings is 1. The van der Waals surface area contributed by atoms with Crippen LogP contribution >= 0.6 is 12.4 Å². The van der Waals surface area contributed by atoms with Gasteiger partial charge in [-0.2, -0.15) is 0 Å². The molecule has 0 atom stereocenters. The second-order valence-corrected chi connectivity index (χ2v) is 5.00. The molecule has 1 saturated heterocycles. The average Bonchev–Trinajstić information content (AvgIpc) is 2.82. The van der Waals surface area contributed by atoms with E-state index in [-0.39, 0.29) is 24.1 Å². The number of carbonyl (C=O) groups excluding carboxylic acids is 1. The molecule has 0 amide bonds. The van der Waals surface area contributed by atoms with Crippen LogP contribution in [0.4, 0.5) is 0 Å². The molecule has 1 aliphatic heterocycles. The van der Waals surface area contributed by atoms with Crippen molar-refractivity contribution < 1.29 is 9.53 Å². The zero-order valence-electron chi connectivity index (χ0n) is 11.7. The summed E-state index contributed by atoms with van der Waals surface area (Å²) in [5, 5.41) is 3.28. The average molecular weight is 312 g/mol. The minimum atomic E-state index is -0.391. The van der Waals surface area contributed by atoms with Crippen molar-refractivity contribution in [2.24, 2.45) is 0 Å². The van der Waals surface area contributed by atoms with Crippen molar-refractivity contribution >= 4 is 29.4 Å². The Morgan fingerprint density at radius 3 is 2.71 bits per heavy atom. The Bertz CT molecular complexity index is 701. The Balaban J connectivity index is 0.00000161. The minimum Gasteiger partial charge on any atom is -0.465 e. The molecular formula is C14H18ClN3O3. The van der Waals surface area contributed by atoms with Crippen LogP contribution in [0.25, 0.3) is 11.0 Å². The lowest BCUT2D eigenvalue weighted by Crippen LogP contribution is -2.33. The molecule has 1 aromatic carbocycles. The highest BCUT2D eigenvalue weighted by atomic mass is 35.5. The smallest absolute Gasteiger partial charge is 0.337 e.